The number of nitrogens with one attached hydrogen (secondary N) is 1. The van der Waals surface area contributed by atoms with Gasteiger partial charge in [0.05, 0.1) is 10.9 Å². The number of imidazole rings is 1. The summed E-state index contributed by atoms with van der Waals surface area (Å²) in [6, 6.07) is 6.06. The maximum absolute atomic E-state index is 12.6. The lowest BCUT2D eigenvalue weighted by Gasteiger charge is -2.16. The lowest BCUT2D eigenvalue weighted by molar-refractivity contribution is -0.115. The van der Waals surface area contributed by atoms with Crippen LogP contribution < -0.4 is 5.32 Å². The zero-order valence-electron chi connectivity index (χ0n) is 16.3. The minimum Gasteiger partial charge on any atom is -0.325 e. The number of benzene rings is 1. The van der Waals surface area contributed by atoms with Gasteiger partial charge in [-0.25, -0.2) is 4.98 Å². The van der Waals surface area contributed by atoms with E-state index in [-0.39, 0.29) is 11.2 Å². The number of nitrogens with zero attached hydrogens (tertiary/aromatic N) is 2. The Kier molecular flexibility index (Phi) is 6.33. The predicted molar refractivity (Wildman–Crippen MR) is 106 cm³/mol. The molecule has 2 aromatic rings. The molecule has 1 aromatic carbocycles. The quantitative estimate of drug-likeness (QED) is 0.747. The van der Waals surface area contributed by atoms with Gasteiger partial charge in [-0.05, 0) is 52.2 Å². The van der Waals surface area contributed by atoms with Crippen molar-refractivity contribution in [3.8, 4) is 0 Å². The Bertz CT molecular complexity index is 765. The Labute approximate surface area is 155 Å². The molecule has 0 bridgehead atoms. The van der Waals surface area contributed by atoms with Gasteiger partial charge in [0.25, 0.3) is 0 Å². The van der Waals surface area contributed by atoms with Crippen LogP contribution in [0.15, 0.2) is 23.4 Å². The van der Waals surface area contributed by atoms with Crippen LogP contribution in [0.1, 0.15) is 43.3 Å². The highest BCUT2D eigenvalue weighted by molar-refractivity contribution is 8.00. The minimum atomic E-state index is -0.215. The number of aromatic nitrogens is 2. The Morgan fingerprint density at radius 3 is 2.48 bits per heavy atom. The zero-order chi connectivity index (χ0) is 18.7. The molecule has 25 heavy (non-hydrogen) atoms. The van der Waals surface area contributed by atoms with Crippen molar-refractivity contribution in [3.05, 3.63) is 40.7 Å². The number of rotatable bonds is 6. The number of amides is 1. The van der Waals surface area contributed by atoms with E-state index >= 15 is 0 Å². The van der Waals surface area contributed by atoms with Gasteiger partial charge in [0.2, 0.25) is 5.91 Å². The second kappa shape index (κ2) is 8.09. The van der Waals surface area contributed by atoms with Gasteiger partial charge in [-0.2, -0.15) is 0 Å². The van der Waals surface area contributed by atoms with Crippen molar-refractivity contribution >= 4 is 23.4 Å². The average molecular weight is 360 g/mol. The second-order valence-electron chi connectivity index (χ2n) is 7.14. The molecule has 0 aliphatic heterocycles. The average Bonchev–Trinajstić information content (AvgIpc) is 2.77. The molecule has 1 aromatic heterocycles. The normalized spacial score (nSPS) is 12.5. The number of aryl methyl sites for hydroxylation is 3. The molecule has 1 atom stereocenters. The molecule has 1 N–H and O–H groups in total. The van der Waals surface area contributed by atoms with Gasteiger partial charge in [-0.1, -0.05) is 43.3 Å². The van der Waals surface area contributed by atoms with Crippen molar-refractivity contribution in [2.75, 3.05) is 5.32 Å². The van der Waals surface area contributed by atoms with E-state index in [0.717, 1.165) is 28.6 Å². The topological polar surface area (TPSA) is 46.9 Å². The molecular formula is C20H29N3OS. The maximum atomic E-state index is 12.6. The van der Waals surface area contributed by atoms with Crippen LogP contribution in [0.3, 0.4) is 0 Å². The van der Waals surface area contributed by atoms with E-state index in [1.54, 1.807) is 0 Å². The van der Waals surface area contributed by atoms with Gasteiger partial charge >= 0.3 is 0 Å². The SMILES string of the molecule is Cc1ccc(NC(=O)C(C)Sc2nc(C)c(C)n2CC(C)C)c(C)c1. The fourth-order valence-corrected chi connectivity index (χ4v) is 3.70. The summed E-state index contributed by atoms with van der Waals surface area (Å²) in [5.74, 6) is 0.539. The van der Waals surface area contributed by atoms with Crippen LogP contribution in [0.5, 0.6) is 0 Å². The molecule has 0 saturated carbocycles. The number of hydrogen-bond acceptors (Lipinski definition) is 3. The number of carbonyl (C=O) groups excluding carboxylic acids is 1. The molecule has 136 valence electrons. The predicted octanol–water partition coefficient (Wildman–Crippen LogP) is 4.89. The summed E-state index contributed by atoms with van der Waals surface area (Å²) in [5.41, 5.74) is 5.36. The lowest BCUT2D eigenvalue weighted by Crippen LogP contribution is -2.23. The van der Waals surface area contributed by atoms with E-state index in [1.807, 2.05) is 32.9 Å². The van der Waals surface area contributed by atoms with E-state index in [0.29, 0.717) is 5.92 Å². The third-order valence-corrected chi connectivity index (χ3v) is 5.35. The molecular weight excluding hydrogens is 330 g/mol. The van der Waals surface area contributed by atoms with Crippen molar-refractivity contribution in [3.63, 3.8) is 0 Å². The Morgan fingerprint density at radius 1 is 1.20 bits per heavy atom. The third kappa shape index (κ3) is 4.88. The zero-order valence-corrected chi connectivity index (χ0v) is 17.1. The van der Waals surface area contributed by atoms with Gasteiger partial charge in [-0.15, -0.1) is 0 Å². The molecule has 1 heterocycles. The molecule has 0 saturated heterocycles. The van der Waals surface area contributed by atoms with Gasteiger partial charge in [0, 0.05) is 17.9 Å². The van der Waals surface area contributed by atoms with Crippen molar-refractivity contribution in [2.45, 2.75) is 65.4 Å². The largest absolute Gasteiger partial charge is 0.325 e. The summed E-state index contributed by atoms with van der Waals surface area (Å²) in [7, 11) is 0. The summed E-state index contributed by atoms with van der Waals surface area (Å²) < 4.78 is 2.23. The maximum Gasteiger partial charge on any atom is 0.237 e. The van der Waals surface area contributed by atoms with Gasteiger partial charge < -0.3 is 9.88 Å². The highest BCUT2D eigenvalue weighted by Gasteiger charge is 2.20. The fraction of sp³-hybridized carbons (Fsp3) is 0.500. The summed E-state index contributed by atoms with van der Waals surface area (Å²) in [6.07, 6.45) is 0. The van der Waals surface area contributed by atoms with Crippen molar-refractivity contribution in [1.82, 2.24) is 9.55 Å². The van der Waals surface area contributed by atoms with E-state index in [4.69, 9.17) is 0 Å². The van der Waals surface area contributed by atoms with E-state index < -0.39 is 0 Å². The van der Waals surface area contributed by atoms with Crippen molar-refractivity contribution < 1.29 is 4.79 Å². The van der Waals surface area contributed by atoms with E-state index in [9.17, 15) is 4.79 Å². The Morgan fingerprint density at radius 2 is 1.88 bits per heavy atom. The second-order valence-corrected chi connectivity index (χ2v) is 8.45. The summed E-state index contributed by atoms with van der Waals surface area (Å²) in [6.45, 7) is 15.4. The first-order chi connectivity index (χ1) is 11.7. The van der Waals surface area contributed by atoms with Crippen LogP contribution in [0.4, 0.5) is 5.69 Å². The fourth-order valence-electron chi connectivity index (χ4n) is 2.69. The van der Waals surface area contributed by atoms with Crippen LogP contribution in [0, 0.1) is 33.6 Å². The molecule has 0 aliphatic rings. The van der Waals surface area contributed by atoms with Crippen molar-refractivity contribution in [1.29, 1.82) is 0 Å². The molecule has 4 nitrogen and oxygen atoms in total. The van der Waals surface area contributed by atoms with Gasteiger partial charge in [0.15, 0.2) is 5.16 Å². The monoisotopic (exact) mass is 359 g/mol. The first-order valence-electron chi connectivity index (χ1n) is 8.77. The molecule has 0 aliphatic carbocycles. The molecule has 5 heteroatoms. The van der Waals surface area contributed by atoms with Crippen LogP contribution in [0.25, 0.3) is 0 Å². The summed E-state index contributed by atoms with van der Waals surface area (Å²) in [4.78, 5) is 17.3. The molecule has 0 spiro atoms. The molecule has 0 radical (unpaired) electrons. The van der Waals surface area contributed by atoms with Crippen LogP contribution >= 0.6 is 11.8 Å². The van der Waals surface area contributed by atoms with Crippen LogP contribution in [-0.2, 0) is 11.3 Å². The van der Waals surface area contributed by atoms with Gasteiger partial charge in [-0.3, -0.25) is 4.79 Å². The first-order valence-corrected chi connectivity index (χ1v) is 9.65. The number of anilines is 1. The lowest BCUT2D eigenvalue weighted by atomic mass is 10.1. The van der Waals surface area contributed by atoms with Crippen LogP contribution in [-0.4, -0.2) is 20.7 Å². The molecule has 1 unspecified atom stereocenters. The molecule has 2 rings (SSSR count). The number of carbonyl (C=O) groups is 1. The van der Waals surface area contributed by atoms with Crippen LogP contribution in [0.2, 0.25) is 0 Å². The molecule has 0 fully saturated rings. The summed E-state index contributed by atoms with van der Waals surface area (Å²) >= 11 is 1.52. The smallest absolute Gasteiger partial charge is 0.237 e. The van der Waals surface area contributed by atoms with Crippen molar-refractivity contribution in [2.24, 2.45) is 5.92 Å². The third-order valence-electron chi connectivity index (χ3n) is 4.26. The Hall–Kier alpha value is -1.75. The standard InChI is InChI=1S/C20H29N3OS/c1-12(2)11-23-16(6)15(5)21-20(23)25-17(7)19(24)22-18-9-8-13(3)10-14(18)4/h8-10,12,17H,11H2,1-7H3,(H,22,24). The van der Waals surface area contributed by atoms with Gasteiger partial charge in [0.1, 0.15) is 0 Å². The number of thioether (sulfide) groups is 1. The summed E-state index contributed by atoms with van der Waals surface area (Å²) in [5, 5.41) is 3.75. The first kappa shape index (κ1) is 19.6. The minimum absolute atomic E-state index is 0.00589. The highest BCUT2D eigenvalue weighted by Crippen LogP contribution is 2.27. The van der Waals surface area contributed by atoms with E-state index in [2.05, 4.69) is 48.6 Å². The number of hydrogen-bond donors (Lipinski definition) is 1. The Balaban J connectivity index is 2.12. The highest BCUT2D eigenvalue weighted by atomic mass is 32.2. The molecule has 1 amide bonds. The van der Waals surface area contributed by atoms with E-state index in [1.165, 1.54) is 23.0 Å².